The van der Waals surface area contributed by atoms with Crippen LogP contribution in [-0.4, -0.2) is 36.4 Å². The van der Waals surface area contributed by atoms with Crippen LogP contribution in [0.5, 0.6) is 0 Å². The molecule has 1 aromatic carbocycles. The standard InChI is InChI=1S/C12H17N3O2S/c1-9(7-8-18(2,16)17)13-12-14-10-5-3-4-6-11(10)15-12/h3-6,9H,7-8H2,1-2H3,(H2,13,14,15). The molecular weight excluding hydrogens is 250 g/mol. The van der Waals surface area contributed by atoms with E-state index in [4.69, 9.17) is 0 Å². The number of nitrogens with zero attached hydrogens (tertiary/aromatic N) is 1. The highest BCUT2D eigenvalue weighted by molar-refractivity contribution is 7.90. The zero-order chi connectivity index (χ0) is 13.2. The third kappa shape index (κ3) is 3.46. The van der Waals surface area contributed by atoms with Crippen molar-refractivity contribution in [2.75, 3.05) is 17.3 Å². The minimum atomic E-state index is -2.91. The Hall–Kier alpha value is -1.56. The normalized spacial score (nSPS) is 13.7. The van der Waals surface area contributed by atoms with Crippen LogP contribution in [0, 0.1) is 0 Å². The molecule has 6 heteroatoms. The van der Waals surface area contributed by atoms with Gasteiger partial charge in [0.25, 0.3) is 0 Å². The Labute approximate surface area is 107 Å². The van der Waals surface area contributed by atoms with Crippen LogP contribution in [0.2, 0.25) is 0 Å². The molecule has 0 saturated carbocycles. The van der Waals surface area contributed by atoms with Crippen molar-refractivity contribution in [3.05, 3.63) is 24.3 Å². The van der Waals surface area contributed by atoms with E-state index in [1.807, 2.05) is 31.2 Å². The zero-order valence-corrected chi connectivity index (χ0v) is 11.3. The lowest BCUT2D eigenvalue weighted by molar-refractivity contribution is 0.595. The lowest BCUT2D eigenvalue weighted by Gasteiger charge is -2.11. The summed E-state index contributed by atoms with van der Waals surface area (Å²) in [5, 5.41) is 3.17. The van der Waals surface area contributed by atoms with Gasteiger partial charge in [-0.2, -0.15) is 0 Å². The van der Waals surface area contributed by atoms with Crippen molar-refractivity contribution in [1.29, 1.82) is 0 Å². The van der Waals surface area contributed by atoms with Crippen LogP contribution in [0.1, 0.15) is 13.3 Å². The molecule has 0 aliphatic carbocycles. The van der Waals surface area contributed by atoms with Crippen molar-refractivity contribution in [2.45, 2.75) is 19.4 Å². The van der Waals surface area contributed by atoms with Crippen LogP contribution in [0.4, 0.5) is 5.95 Å². The summed E-state index contributed by atoms with van der Waals surface area (Å²) < 4.78 is 22.2. The molecule has 0 aliphatic heterocycles. The third-order valence-corrected chi connectivity index (χ3v) is 3.67. The second-order valence-corrected chi connectivity index (χ2v) is 6.83. The highest BCUT2D eigenvalue weighted by Gasteiger charge is 2.09. The van der Waals surface area contributed by atoms with E-state index >= 15 is 0 Å². The quantitative estimate of drug-likeness (QED) is 0.866. The average molecular weight is 267 g/mol. The molecule has 18 heavy (non-hydrogen) atoms. The van der Waals surface area contributed by atoms with Crippen LogP contribution in [-0.2, 0) is 9.84 Å². The Morgan fingerprint density at radius 3 is 2.78 bits per heavy atom. The van der Waals surface area contributed by atoms with Gasteiger partial charge in [0.2, 0.25) is 5.95 Å². The number of imidazole rings is 1. The van der Waals surface area contributed by atoms with Gasteiger partial charge >= 0.3 is 0 Å². The van der Waals surface area contributed by atoms with Crippen molar-refractivity contribution in [3.63, 3.8) is 0 Å². The van der Waals surface area contributed by atoms with Gasteiger partial charge in [-0.05, 0) is 25.5 Å². The summed E-state index contributed by atoms with van der Waals surface area (Å²) in [7, 11) is -2.91. The van der Waals surface area contributed by atoms with Crippen molar-refractivity contribution in [3.8, 4) is 0 Å². The molecule has 1 heterocycles. The maximum atomic E-state index is 11.1. The molecule has 1 atom stereocenters. The van der Waals surface area contributed by atoms with Crippen molar-refractivity contribution in [2.24, 2.45) is 0 Å². The molecule has 1 aromatic heterocycles. The lowest BCUT2D eigenvalue weighted by Crippen LogP contribution is -2.20. The molecule has 1 unspecified atom stereocenters. The SMILES string of the molecule is CC(CCS(C)(=O)=O)Nc1nc2ccccc2[nH]1. The van der Waals surface area contributed by atoms with E-state index in [2.05, 4.69) is 15.3 Å². The zero-order valence-electron chi connectivity index (χ0n) is 10.5. The van der Waals surface area contributed by atoms with Crippen molar-refractivity contribution < 1.29 is 8.42 Å². The first-order valence-corrected chi connectivity index (χ1v) is 7.89. The first-order chi connectivity index (χ1) is 8.44. The number of hydrogen-bond acceptors (Lipinski definition) is 4. The Morgan fingerprint density at radius 2 is 2.11 bits per heavy atom. The number of sulfone groups is 1. The number of rotatable bonds is 5. The molecule has 0 spiro atoms. The predicted octanol–water partition coefficient (Wildman–Crippen LogP) is 1.80. The molecule has 2 N–H and O–H groups in total. The lowest BCUT2D eigenvalue weighted by atomic mass is 10.3. The van der Waals surface area contributed by atoms with E-state index < -0.39 is 9.84 Å². The van der Waals surface area contributed by atoms with Gasteiger partial charge in [0.05, 0.1) is 16.8 Å². The van der Waals surface area contributed by atoms with E-state index in [1.54, 1.807) is 0 Å². The summed E-state index contributed by atoms with van der Waals surface area (Å²) in [6, 6.07) is 7.81. The summed E-state index contributed by atoms with van der Waals surface area (Å²) in [6.07, 6.45) is 1.82. The van der Waals surface area contributed by atoms with Crippen LogP contribution in [0.3, 0.4) is 0 Å². The number of hydrogen-bond donors (Lipinski definition) is 2. The second-order valence-electron chi connectivity index (χ2n) is 4.57. The summed E-state index contributed by atoms with van der Waals surface area (Å²) in [5.41, 5.74) is 1.87. The molecule has 0 bridgehead atoms. The number of para-hydroxylation sites is 2. The number of fused-ring (bicyclic) bond motifs is 1. The molecule has 0 fully saturated rings. The largest absolute Gasteiger partial charge is 0.353 e. The van der Waals surface area contributed by atoms with Crippen LogP contribution in [0.25, 0.3) is 11.0 Å². The van der Waals surface area contributed by atoms with Gasteiger partial charge < -0.3 is 10.3 Å². The molecule has 2 aromatic rings. The summed E-state index contributed by atoms with van der Waals surface area (Å²) in [5.74, 6) is 0.860. The minimum absolute atomic E-state index is 0.0558. The topological polar surface area (TPSA) is 74.8 Å². The first kappa shape index (κ1) is 12.9. The molecule has 0 amide bonds. The molecule has 5 nitrogen and oxygen atoms in total. The van der Waals surface area contributed by atoms with Crippen LogP contribution >= 0.6 is 0 Å². The third-order valence-electron chi connectivity index (χ3n) is 2.69. The Morgan fingerprint density at radius 1 is 1.39 bits per heavy atom. The number of benzene rings is 1. The maximum absolute atomic E-state index is 11.1. The minimum Gasteiger partial charge on any atom is -0.353 e. The number of aromatic amines is 1. The number of aromatic nitrogens is 2. The van der Waals surface area contributed by atoms with Gasteiger partial charge in [-0.1, -0.05) is 12.1 Å². The smallest absolute Gasteiger partial charge is 0.201 e. The fourth-order valence-electron chi connectivity index (χ4n) is 1.72. The highest BCUT2D eigenvalue weighted by atomic mass is 32.2. The first-order valence-electron chi connectivity index (χ1n) is 5.83. The molecule has 0 radical (unpaired) electrons. The number of H-pyrrole nitrogens is 1. The van der Waals surface area contributed by atoms with E-state index in [-0.39, 0.29) is 11.8 Å². The number of nitrogens with one attached hydrogen (secondary N) is 2. The summed E-state index contributed by atoms with van der Waals surface area (Å²) in [6.45, 7) is 1.94. The van der Waals surface area contributed by atoms with Gasteiger partial charge in [-0.15, -0.1) is 0 Å². The van der Waals surface area contributed by atoms with Crippen LogP contribution in [0.15, 0.2) is 24.3 Å². The fourth-order valence-corrected chi connectivity index (χ4v) is 2.50. The molecule has 0 saturated heterocycles. The van der Waals surface area contributed by atoms with E-state index in [1.165, 1.54) is 6.26 Å². The van der Waals surface area contributed by atoms with Crippen LogP contribution < -0.4 is 5.32 Å². The second kappa shape index (κ2) is 4.97. The van der Waals surface area contributed by atoms with E-state index in [9.17, 15) is 8.42 Å². The summed E-state index contributed by atoms with van der Waals surface area (Å²) >= 11 is 0. The fraction of sp³-hybridized carbons (Fsp3) is 0.417. The molecular formula is C12H17N3O2S. The van der Waals surface area contributed by atoms with Crippen molar-refractivity contribution in [1.82, 2.24) is 9.97 Å². The average Bonchev–Trinajstić information content (AvgIpc) is 2.67. The Balaban J connectivity index is 2.00. The molecule has 0 aliphatic rings. The van der Waals surface area contributed by atoms with Gasteiger partial charge in [0.1, 0.15) is 9.84 Å². The molecule has 98 valence electrons. The molecule has 2 rings (SSSR count). The van der Waals surface area contributed by atoms with Gasteiger partial charge in [-0.3, -0.25) is 0 Å². The van der Waals surface area contributed by atoms with Gasteiger partial charge in [0.15, 0.2) is 0 Å². The Kier molecular flexibility index (Phi) is 3.56. The van der Waals surface area contributed by atoms with E-state index in [0.717, 1.165) is 11.0 Å². The van der Waals surface area contributed by atoms with Gasteiger partial charge in [-0.25, -0.2) is 13.4 Å². The Bertz CT molecular complexity index is 601. The monoisotopic (exact) mass is 267 g/mol. The maximum Gasteiger partial charge on any atom is 0.201 e. The number of anilines is 1. The predicted molar refractivity (Wildman–Crippen MR) is 73.5 cm³/mol. The van der Waals surface area contributed by atoms with Gasteiger partial charge in [0, 0.05) is 12.3 Å². The van der Waals surface area contributed by atoms with Crippen molar-refractivity contribution >= 4 is 26.8 Å². The van der Waals surface area contributed by atoms with E-state index in [0.29, 0.717) is 12.4 Å². The summed E-state index contributed by atoms with van der Waals surface area (Å²) in [4.78, 5) is 7.53. The highest BCUT2D eigenvalue weighted by Crippen LogP contribution is 2.14.